The molecule has 1 aromatic rings. The van der Waals surface area contributed by atoms with Gasteiger partial charge in [0.2, 0.25) is 0 Å². The van der Waals surface area contributed by atoms with Crippen LogP contribution < -0.4 is 5.73 Å². The molecule has 0 radical (unpaired) electrons. The van der Waals surface area contributed by atoms with Crippen molar-refractivity contribution in [3.05, 3.63) is 17.2 Å². The Labute approximate surface area is 86.1 Å². The highest BCUT2D eigenvalue weighted by molar-refractivity contribution is 5.16. The maximum Gasteiger partial charge on any atom is 0.123 e. The predicted octanol–water partition coefficient (Wildman–Crippen LogP) is 2.19. The molecule has 0 aromatic carbocycles. The molecule has 3 nitrogen and oxygen atoms in total. The fraction of sp³-hybridized carbons (Fsp3) is 0.727. The average Bonchev–Trinajstić information content (AvgIpc) is 2.59. The van der Waals surface area contributed by atoms with Crippen molar-refractivity contribution < 1.29 is 0 Å². The Morgan fingerprint density at radius 3 is 2.29 bits per heavy atom. The van der Waals surface area contributed by atoms with E-state index < -0.39 is 0 Å². The van der Waals surface area contributed by atoms with Crippen LogP contribution in [-0.2, 0) is 12.8 Å². The minimum Gasteiger partial charge on any atom is -0.344 e. The summed E-state index contributed by atoms with van der Waals surface area (Å²) in [7, 11) is 0. The number of hydrogen-bond acceptors (Lipinski definition) is 2. The van der Waals surface area contributed by atoms with Crippen LogP contribution in [0.5, 0.6) is 0 Å². The van der Waals surface area contributed by atoms with Crippen LogP contribution in [0.3, 0.4) is 0 Å². The zero-order chi connectivity index (χ0) is 10.7. The van der Waals surface area contributed by atoms with Crippen molar-refractivity contribution in [3.63, 3.8) is 0 Å². The Balaban J connectivity index is 2.94. The zero-order valence-electron chi connectivity index (χ0n) is 9.59. The molecule has 0 spiro atoms. The number of aromatic amines is 1. The predicted molar refractivity (Wildman–Crippen MR) is 59.1 cm³/mol. The standard InChI is InChI=1S/C11H21N3/c1-5-8-9(6-2)14-11(13-8)10(12)7(3)4/h7,10H,5-6,12H2,1-4H3,(H,13,14)/t10-/m0/s1. The van der Waals surface area contributed by atoms with Crippen LogP contribution in [0.4, 0.5) is 0 Å². The Morgan fingerprint density at radius 1 is 1.29 bits per heavy atom. The summed E-state index contributed by atoms with van der Waals surface area (Å²) < 4.78 is 0. The molecular weight excluding hydrogens is 174 g/mol. The lowest BCUT2D eigenvalue weighted by Crippen LogP contribution is -2.18. The largest absolute Gasteiger partial charge is 0.344 e. The summed E-state index contributed by atoms with van der Waals surface area (Å²) in [5.41, 5.74) is 8.44. The molecule has 0 unspecified atom stereocenters. The van der Waals surface area contributed by atoms with Gasteiger partial charge in [-0.05, 0) is 18.8 Å². The fourth-order valence-electron chi connectivity index (χ4n) is 1.53. The van der Waals surface area contributed by atoms with Gasteiger partial charge in [0.15, 0.2) is 0 Å². The van der Waals surface area contributed by atoms with Gasteiger partial charge in [-0.1, -0.05) is 27.7 Å². The minimum absolute atomic E-state index is 0.0283. The molecule has 1 heterocycles. The molecule has 14 heavy (non-hydrogen) atoms. The monoisotopic (exact) mass is 195 g/mol. The molecule has 0 aliphatic heterocycles. The molecule has 0 fully saturated rings. The molecule has 0 saturated carbocycles. The minimum atomic E-state index is 0.0283. The maximum atomic E-state index is 6.04. The molecule has 80 valence electrons. The number of hydrogen-bond donors (Lipinski definition) is 2. The fourth-order valence-corrected chi connectivity index (χ4v) is 1.53. The van der Waals surface area contributed by atoms with Gasteiger partial charge in [0.05, 0.1) is 11.7 Å². The third-order valence-corrected chi connectivity index (χ3v) is 2.61. The van der Waals surface area contributed by atoms with Gasteiger partial charge < -0.3 is 10.7 Å². The molecule has 0 bridgehead atoms. The van der Waals surface area contributed by atoms with Crippen molar-refractivity contribution in [2.75, 3.05) is 0 Å². The lowest BCUT2D eigenvalue weighted by atomic mass is 10.1. The van der Waals surface area contributed by atoms with Crippen LogP contribution in [0.2, 0.25) is 0 Å². The normalized spacial score (nSPS) is 13.6. The second-order valence-electron chi connectivity index (χ2n) is 4.02. The molecule has 1 atom stereocenters. The van der Waals surface area contributed by atoms with Crippen molar-refractivity contribution in [2.45, 2.75) is 46.6 Å². The first-order valence-electron chi connectivity index (χ1n) is 5.43. The van der Waals surface area contributed by atoms with Gasteiger partial charge in [0.25, 0.3) is 0 Å². The van der Waals surface area contributed by atoms with E-state index in [0.29, 0.717) is 5.92 Å². The number of rotatable bonds is 4. The van der Waals surface area contributed by atoms with Gasteiger partial charge in [-0.3, -0.25) is 0 Å². The van der Waals surface area contributed by atoms with E-state index in [2.05, 4.69) is 37.7 Å². The summed E-state index contributed by atoms with van der Waals surface area (Å²) in [6, 6.07) is 0.0283. The van der Waals surface area contributed by atoms with E-state index in [-0.39, 0.29) is 6.04 Å². The highest BCUT2D eigenvalue weighted by Gasteiger charge is 2.16. The van der Waals surface area contributed by atoms with Crippen LogP contribution in [0.25, 0.3) is 0 Å². The summed E-state index contributed by atoms with van der Waals surface area (Å²) >= 11 is 0. The van der Waals surface area contributed by atoms with Crippen LogP contribution in [0.1, 0.15) is 50.9 Å². The number of H-pyrrole nitrogens is 1. The average molecular weight is 195 g/mol. The van der Waals surface area contributed by atoms with E-state index in [9.17, 15) is 0 Å². The second kappa shape index (κ2) is 4.60. The Kier molecular flexibility index (Phi) is 3.69. The zero-order valence-corrected chi connectivity index (χ0v) is 9.59. The lowest BCUT2D eigenvalue weighted by molar-refractivity contribution is 0.493. The third-order valence-electron chi connectivity index (χ3n) is 2.61. The molecule has 1 aromatic heterocycles. The number of nitrogens with zero attached hydrogens (tertiary/aromatic N) is 1. The van der Waals surface area contributed by atoms with Crippen molar-refractivity contribution >= 4 is 0 Å². The SMILES string of the molecule is CCc1nc([C@@H](N)C(C)C)[nH]c1CC. The van der Waals surface area contributed by atoms with E-state index in [4.69, 9.17) is 5.73 Å². The van der Waals surface area contributed by atoms with E-state index in [1.807, 2.05) is 0 Å². The van der Waals surface area contributed by atoms with Gasteiger partial charge in [-0.25, -0.2) is 4.98 Å². The van der Waals surface area contributed by atoms with Crippen LogP contribution in [-0.4, -0.2) is 9.97 Å². The van der Waals surface area contributed by atoms with Crippen molar-refractivity contribution in [1.82, 2.24) is 9.97 Å². The van der Waals surface area contributed by atoms with Crippen molar-refractivity contribution in [2.24, 2.45) is 11.7 Å². The lowest BCUT2D eigenvalue weighted by Gasteiger charge is -2.11. The van der Waals surface area contributed by atoms with Gasteiger partial charge in [-0.15, -0.1) is 0 Å². The van der Waals surface area contributed by atoms with Crippen molar-refractivity contribution in [3.8, 4) is 0 Å². The molecule has 0 aliphatic carbocycles. The molecule has 0 saturated heterocycles. The highest BCUT2D eigenvalue weighted by Crippen LogP contribution is 2.18. The first-order valence-corrected chi connectivity index (χ1v) is 5.43. The second-order valence-corrected chi connectivity index (χ2v) is 4.02. The number of aryl methyl sites for hydroxylation is 2. The number of imidazole rings is 1. The molecular formula is C11H21N3. The number of nitrogens with one attached hydrogen (secondary N) is 1. The molecule has 0 amide bonds. The van der Waals surface area contributed by atoms with Crippen LogP contribution in [0.15, 0.2) is 0 Å². The molecule has 3 heteroatoms. The smallest absolute Gasteiger partial charge is 0.123 e. The Morgan fingerprint density at radius 2 is 1.93 bits per heavy atom. The molecule has 0 aliphatic rings. The number of aromatic nitrogens is 2. The Bertz CT molecular complexity index is 267. The Hall–Kier alpha value is -0.830. The van der Waals surface area contributed by atoms with Crippen molar-refractivity contribution in [1.29, 1.82) is 0 Å². The summed E-state index contributed by atoms with van der Waals surface area (Å²) in [6.07, 6.45) is 1.98. The maximum absolute atomic E-state index is 6.04. The van der Waals surface area contributed by atoms with Crippen LogP contribution >= 0.6 is 0 Å². The summed E-state index contributed by atoms with van der Waals surface area (Å²) in [4.78, 5) is 7.87. The third kappa shape index (κ3) is 2.15. The van der Waals surface area contributed by atoms with E-state index in [1.165, 1.54) is 11.4 Å². The van der Waals surface area contributed by atoms with E-state index >= 15 is 0 Å². The highest BCUT2D eigenvalue weighted by atomic mass is 15.0. The topological polar surface area (TPSA) is 54.7 Å². The first-order chi connectivity index (χ1) is 6.60. The van der Waals surface area contributed by atoms with E-state index in [0.717, 1.165) is 18.7 Å². The summed E-state index contributed by atoms with van der Waals surface area (Å²) in [5, 5.41) is 0. The summed E-state index contributed by atoms with van der Waals surface area (Å²) in [5.74, 6) is 1.37. The number of nitrogens with two attached hydrogens (primary N) is 1. The van der Waals surface area contributed by atoms with Gasteiger partial charge in [0, 0.05) is 5.69 Å². The quantitative estimate of drug-likeness (QED) is 0.773. The van der Waals surface area contributed by atoms with Gasteiger partial charge >= 0.3 is 0 Å². The molecule has 3 N–H and O–H groups in total. The summed E-state index contributed by atoms with van der Waals surface area (Å²) in [6.45, 7) is 8.49. The van der Waals surface area contributed by atoms with E-state index in [1.54, 1.807) is 0 Å². The van der Waals surface area contributed by atoms with Crippen LogP contribution in [0, 0.1) is 5.92 Å². The van der Waals surface area contributed by atoms with Gasteiger partial charge in [-0.2, -0.15) is 0 Å². The first kappa shape index (κ1) is 11.2. The van der Waals surface area contributed by atoms with Gasteiger partial charge in [0.1, 0.15) is 5.82 Å². The molecule has 1 rings (SSSR count).